The zero-order valence-electron chi connectivity index (χ0n) is 9.70. The summed E-state index contributed by atoms with van der Waals surface area (Å²) in [6.45, 7) is 1.70. The van der Waals surface area contributed by atoms with Crippen LogP contribution in [-0.2, 0) is 6.18 Å². The number of rotatable bonds is 2. The van der Waals surface area contributed by atoms with E-state index in [2.05, 4.69) is 4.98 Å². The highest BCUT2D eigenvalue weighted by atomic mass is 32.1. The number of aliphatic hydroxyl groups is 1. The summed E-state index contributed by atoms with van der Waals surface area (Å²) in [5.74, 6) is -0.667. The summed E-state index contributed by atoms with van der Waals surface area (Å²) in [7, 11) is 0. The van der Waals surface area contributed by atoms with Crippen molar-refractivity contribution in [2.24, 2.45) is 0 Å². The molecule has 0 amide bonds. The summed E-state index contributed by atoms with van der Waals surface area (Å²) < 4.78 is 50.8. The number of aromatic nitrogens is 1. The van der Waals surface area contributed by atoms with Gasteiger partial charge in [-0.1, -0.05) is 17.7 Å². The van der Waals surface area contributed by atoms with Crippen molar-refractivity contribution in [2.75, 3.05) is 0 Å². The Balaban J connectivity index is 2.36. The lowest BCUT2D eigenvalue weighted by Crippen LogP contribution is -2.03. The molecule has 19 heavy (non-hydrogen) atoms. The topological polar surface area (TPSA) is 33.1 Å². The first-order valence-electron chi connectivity index (χ1n) is 5.26. The second kappa shape index (κ2) is 4.90. The third-order valence-corrected chi connectivity index (χ3v) is 3.58. The minimum absolute atomic E-state index is 0.0446. The number of aryl methyl sites for hydroxylation is 1. The molecule has 0 aliphatic heterocycles. The Morgan fingerprint density at radius 2 is 2.00 bits per heavy atom. The van der Waals surface area contributed by atoms with Gasteiger partial charge < -0.3 is 5.11 Å². The van der Waals surface area contributed by atoms with Crippen LogP contribution in [0.5, 0.6) is 0 Å². The van der Waals surface area contributed by atoms with E-state index >= 15 is 0 Å². The van der Waals surface area contributed by atoms with Crippen molar-refractivity contribution in [1.29, 1.82) is 0 Å². The van der Waals surface area contributed by atoms with Gasteiger partial charge in [-0.15, -0.1) is 11.3 Å². The second-order valence-electron chi connectivity index (χ2n) is 3.99. The van der Waals surface area contributed by atoms with Gasteiger partial charge in [0.1, 0.15) is 11.9 Å². The number of benzene rings is 1. The van der Waals surface area contributed by atoms with Crippen molar-refractivity contribution in [1.82, 2.24) is 4.98 Å². The second-order valence-corrected chi connectivity index (χ2v) is 5.06. The predicted molar refractivity (Wildman–Crippen MR) is 62.3 cm³/mol. The molecule has 0 fully saturated rings. The molecule has 102 valence electrons. The maximum Gasteiger partial charge on any atom is 0.443 e. The van der Waals surface area contributed by atoms with Crippen LogP contribution in [0.25, 0.3) is 0 Å². The molecular weight excluding hydrogens is 282 g/mol. The molecule has 1 N–H and O–H groups in total. The zero-order chi connectivity index (χ0) is 14.2. The molecule has 1 heterocycles. The molecule has 1 aromatic carbocycles. The first-order chi connectivity index (χ1) is 8.79. The Morgan fingerprint density at radius 3 is 2.58 bits per heavy atom. The first-order valence-corrected chi connectivity index (χ1v) is 6.07. The standard InChI is InChI=1S/C12H9F4NOS/c1-6-2-3-8(13)7(4-6)10(18)9-5-17-11(19-9)12(14,15)16/h2-5,10,18H,1H3. The van der Waals surface area contributed by atoms with E-state index in [1.807, 2.05) is 0 Å². The van der Waals surface area contributed by atoms with Crippen LogP contribution in [0.3, 0.4) is 0 Å². The molecule has 0 saturated carbocycles. The largest absolute Gasteiger partial charge is 0.443 e. The SMILES string of the molecule is Cc1ccc(F)c(C(O)c2cnc(C(F)(F)F)s2)c1. The van der Waals surface area contributed by atoms with Gasteiger partial charge in [-0.3, -0.25) is 0 Å². The van der Waals surface area contributed by atoms with Gasteiger partial charge in [0.05, 0.1) is 4.88 Å². The lowest BCUT2D eigenvalue weighted by Gasteiger charge is -2.10. The van der Waals surface area contributed by atoms with Crippen LogP contribution < -0.4 is 0 Å². The number of halogens is 4. The average Bonchev–Trinajstić information content (AvgIpc) is 2.80. The molecule has 0 aliphatic carbocycles. The highest BCUT2D eigenvalue weighted by molar-refractivity contribution is 7.11. The fourth-order valence-corrected chi connectivity index (χ4v) is 2.36. The quantitative estimate of drug-likeness (QED) is 0.856. The predicted octanol–water partition coefficient (Wildman–Crippen LogP) is 3.69. The van der Waals surface area contributed by atoms with E-state index in [0.29, 0.717) is 16.9 Å². The smallest absolute Gasteiger partial charge is 0.383 e. The third-order valence-electron chi connectivity index (χ3n) is 2.48. The number of thiazole rings is 1. The van der Waals surface area contributed by atoms with E-state index in [-0.39, 0.29) is 10.4 Å². The fourth-order valence-electron chi connectivity index (χ4n) is 1.57. The third kappa shape index (κ3) is 2.93. The van der Waals surface area contributed by atoms with Gasteiger partial charge in [-0.05, 0) is 13.0 Å². The lowest BCUT2D eigenvalue weighted by atomic mass is 10.1. The van der Waals surface area contributed by atoms with E-state index in [4.69, 9.17) is 0 Å². The molecule has 1 atom stereocenters. The monoisotopic (exact) mass is 291 g/mol. The summed E-state index contributed by atoms with van der Waals surface area (Å²) in [5, 5.41) is 8.88. The van der Waals surface area contributed by atoms with Crippen molar-refractivity contribution in [3.63, 3.8) is 0 Å². The van der Waals surface area contributed by atoms with Crippen molar-refractivity contribution in [3.8, 4) is 0 Å². The molecule has 0 saturated heterocycles. The van der Waals surface area contributed by atoms with Gasteiger partial charge in [0.25, 0.3) is 0 Å². The van der Waals surface area contributed by atoms with E-state index in [1.165, 1.54) is 18.2 Å². The molecule has 0 radical (unpaired) electrons. The average molecular weight is 291 g/mol. The maximum atomic E-state index is 13.5. The van der Waals surface area contributed by atoms with Crippen LogP contribution in [0.4, 0.5) is 17.6 Å². The van der Waals surface area contributed by atoms with Gasteiger partial charge in [-0.25, -0.2) is 9.37 Å². The molecule has 2 aromatic rings. The highest BCUT2D eigenvalue weighted by Crippen LogP contribution is 2.36. The summed E-state index contributed by atoms with van der Waals surface area (Å²) in [6, 6.07) is 4.08. The number of aliphatic hydroxyl groups excluding tert-OH is 1. The van der Waals surface area contributed by atoms with Crippen LogP contribution in [0.2, 0.25) is 0 Å². The van der Waals surface area contributed by atoms with Crippen molar-refractivity contribution in [3.05, 3.63) is 51.2 Å². The summed E-state index contributed by atoms with van der Waals surface area (Å²) in [5.41, 5.74) is 0.647. The van der Waals surface area contributed by atoms with Crippen molar-refractivity contribution in [2.45, 2.75) is 19.2 Å². The Bertz CT molecular complexity index is 594. The normalized spacial score (nSPS) is 13.6. The van der Waals surface area contributed by atoms with Gasteiger partial charge in [0, 0.05) is 11.8 Å². The van der Waals surface area contributed by atoms with Crippen LogP contribution in [0.15, 0.2) is 24.4 Å². The summed E-state index contributed by atoms with van der Waals surface area (Å²) in [4.78, 5) is 3.15. The molecule has 0 aliphatic rings. The first kappa shape index (κ1) is 14.0. The number of alkyl halides is 3. The van der Waals surface area contributed by atoms with E-state index in [1.54, 1.807) is 6.92 Å². The molecule has 7 heteroatoms. The van der Waals surface area contributed by atoms with E-state index in [9.17, 15) is 22.7 Å². The molecular formula is C12H9F4NOS. The Hall–Kier alpha value is -1.47. The number of hydrogen-bond donors (Lipinski definition) is 1. The number of hydrogen-bond acceptors (Lipinski definition) is 3. The molecule has 0 bridgehead atoms. The Morgan fingerprint density at radius 1 is 1.32 bits per heavy atom. The van der Waals surface area contributed by atoms with Crippen molar-refractivity contribution >= 4 is 11.3 Å². The molecule has 1 aromatic heterocycles. The van der Waals surface area contributed by atoms with E-state index < -0.39 is 23.1 Å². The van der Waals surface area contributed by atoms with Crippen LogP contribution in [0, 0.1) is 12.7 Å². The minimum atomic E-state index is -4.56. The lowest BCUT2D eigenvalue weighted by molar-refractivity contribution is -0.137. The van der Waals surface area contributed by atoms with Crippen molar-refractivity contribution < 1.29 is 22.7 Å². The number of nitrogens with zero attached hydrogens (tertiary/aromatic N) is 1. The molecule has 0 spiro atoms. The van der Waals surface area contributed by atoms with Gasteiger partial charge in [0.2, 0.25) is 0 Å². The molecule has 2 nitrogen and oxygen atoms in total. The molecule has 1 unspecified atom stereocenters. The van der Waals surface area contributed by atoms with Crippen LogP contribution in [-0.4, -0.2) is 10.1 Å². The highest BCUT2D eigenvalue weighted by Gasteiger charge is 2.35. The minimum Gasteiger partial charge on any atom is -0.383 e. The Kier molecular flexibility index (Phi) is 3.60. The summed E-state index contributed by atoms with van der Waals surface area (Å²) in [6.07, 6.45) is -5.10. The van der Waals surface area contributed by atoms with Gasteiger partial charge in [-0.2, -0.15) is 13.2 Å². The van der Waals surface area contributed by atoms with Gasteiger partial charge in [0.15, 0.2) is 5.01 Å². The Labute approximate surface area is 110 Å². The fraction of sp³-hybridized carbons (Fsp3) is 0.250. The summed E-state index contributed by atoms with van der Waals surface area (Å²) >= 11 is 0.305. The zero-order valence-corrected chi connectivity index (χ0v) is 10.5. The van der Waals surface area contributed by atoms with E-state index in [0.717, 1.165) is 6.20 Å². The van der Waals surface area contributed by atoms with Gasteiger partial charge >= 0.3 is 6.18 Å². The van der Waals surface area contributed by atoms with Crippen LogP contribution in [0.1, 0.15) is 27.1 Å². The van der Waals surface area contributed by atoms with Crippen LogP contribution >= 0.6 is 11.3 Å². The molecule has 2 rings (SSSR count). The maximum absolute atomic E-state index is 13.5.